The van der Waals surface area contributed by atoms with E-state index in [1.807, 2.05) is 36.4 Å². The normalized spacial score (nSPS) is 22.4. The third kappa shape index (κ3) is 10.5. The van der Waals surface area contributed by atoms with Crippen LogP contribution in [0.1, 0.15) is 67.6 Å². The molecule has 1 aliphatic heterocycles. The van der Waals surface area contributed by atoms with Gasteiger partial charge in [0.2, 0.25) is 5.79 Å². The quantitative estimate of drug-likeness (QED) is 0.0347. The van der Waals surface area contributed by atoms with Crippen molar-refractivity contribution in [3.63, 3.8) is 0 Å². The predicted molar refractivity (Wildman–Crippen MR) is 240 cm³/mol. The molecule has 0 aromatic heterocycles. The Labute approximate surface area is 377 Å². The van der Waals surface area contributed by atoms with E-state index in [4.69, 9.17) is 28.9 Å². The van der Waals surface area contributed by atoms with Crippen molar-refractivity contribution in [1.29, 1.82) is 0 Å². The summed E-state index contributed by atoms with van der Waals surface area (Å²) in [4.78, 5) is 43.8. The molecule has 7 rings (SSSR count). The Balaban J connectivity index is 1.38. The van der Waals surface area contributed by atoms with Crippen LogP contribution in [0.5, 0.6) is 17.2 Å². The third-order valence-electron chi connectivity index (χ3n) is 12.4. The van der Waals surface area contributed by atoms with Gasteiger partial charge in [0.15, 0.2) is 0 Å². The van der Waals surface area contributed by atoms with Crippen molar-refractivity contribution in [1.82, 2.24) is 4.90 Å². The van der Waals surface area contributed by atoms with Crippen molar-refractivity contribution >= 4 is 23.2 Å². The molecule has 342 valence electrons. The third-order valence-corrected chi connectivity index (χ3v) is 12.4. The predicted octanol–water partition coefficient (Wildman–Crippen LogP) is 9.40. The Kier molecular flexibility index (Phi) is 15.2. The minimum absolute atomic E-state index is 0.00198. The number of fused-ring (bicyclic) bond motifs is 2. The summed E-state index contributed by atoms with van der Waals surface area (Å²) in [7, 11) is 1.64. The molecule has 6 unspecified atom stereocenters. The van der Waals surface area contributed by atoms with Gasteiger partial charge in [-0.25, -0.2) is 4.79 Å². The van der Waals surface area contributed by atoms with Gasteiger partial charge in [0.25, 0.3) is 11.4 Å². The first-order valence-electron chi connectivity index (χ1n) is 21.9. The number of rotatable bonds is 21. The van der Waals surface area contributed by atoms with Crippen LogP contribution < -0.4 is 9.47 Å². The number of benzene rings is 4. The molecular formula is C49H54N4O12. The minimum Gasteiger partial charge on any atom is -0.459 e. The number of unbranched alkanes of at least 4 members (excludes halogenated alkanes) is 2. The number of nitro benzene ring substituents is 2. The Morgan fingerprint density at radius 2 is 1.58 bits per heavy atom. The topological polar surface area (TPSA) is 206 Å². The van der Waals surface area contributed by atoms with Gasteiger partial charge in [0.1, 0.15) is 36.5 Å². The fourth-order valence-electron chi connectivity index (χ4n) is 9.43. The Morgan fingerprint density at radius 3 is 2.29 bits per heavy atom. The van der Waals surface area contributed by atoms with Gasteiger partial charge < -0.3 is 38.9 Å². The second kappa shape index (κ2) is 21.4. The van der Waals surface area contributed by atoms with Crippen LogP contribution in [0.2, 0.25) is 0 Å². The average molecular weight is 891 g/mol. The summed E-state index contributed by atoms with van der Waals surface area (Å²) >= 11 is 0. The number of amides is 1. The van der Waals surface area contributed by atoms with E-state index in [1.165, 1.54) is 29.2 Å². The molecule has 3 aliphatic rings. The Hall–Kier alpha value is -6.62. The van der Waals surface area contributed by atoms with Crippen molar-refractivity contribution in [2.75, 3.05) is 26.9 Å². The number of oxime groups is 1. The smallest absolute Gasteiger partial charge is 0.410 e. The van der Waals surface area contributed by atoms with E-state index in [0.717, 1.165) is 29.5 Å². The number of aliphatic hydroxyl groups is 2. The van der Waals surface area contributed by atoms with E-state index in [0.29, 0.717) is 48.5 Å². The van der Waals surface area contributed by atoms with Crippen molar-refractivity contribution in [3.8, 4) is 17.2 Å². The highest BCUT2D eigenvalue weighted by atomic mass is 16.7. The highest BCUT2D eigenvalue weighted by molar-refractivity contribution is 6.03. The van der Waals surface area contributed by atoms with E-state index in [-0.39, 0.29) is 74.3 Å². The van der Waals surface area contributed by atoms with Gasteiger partial charge in [-0.05, 0) is 90.6 Å². The number of aliphatic hydroxyl groups excluding tert-OH is 2. The standard InChI is InChI=1S/C49H54N4O12/c1-3-26-62-49-45(51(2)48(56)61-31-33-12-5-4-6-13-33)30-43(50-63-32-34-18-20-36(21-19-34)52(57)58)41-27-35(14-7-9-24-54)40(17-8-10-25-55)46(47(41)49)42-29-39(22-23-44(42)65-49)64-38-16-11-15-37(28-38)53(59)60/h3-6,11-13,15-16,18-23,27-29,35,40,45-47,54-55H,1,7-10,14,17,24-26,30-32H2,2H3. The van der Waals surface area contributed by atoms with E-state index >= 15 is 0 Å². The lowest BCUT2D eigenvalue weighted by atomic mass is 9.55. The summed E-state index contributed by atoms with van der Waals surface area (Å²) in [5.41, 5.74) is 3.43. The number of hydrogen-bond acceptors (Lipinski definition) is 13. The SMILES string of the molecule is C=CCOC12Oc3ccc(Oc4cccc([N+](=O)[O-])c4)cc3C3C(CCCCO)C(CCCCO)C=C(C(=NOCc4ccc([N+](=O)[O-])cc4)CC1N(C)C(=O)OCc1ccccc1)C32. The number of likely N-dealkylation sites (N-methyl/N-ethyl adjacent to an activating group) is 1. The number of carbonyl (C=O) groups is 1. The second-order valence-corrected chi connectivity index (χ2v) is 16.5. The Morgan fingerprint density at radius 1 is 0.877 bits per heavy atom. The molecule has 1 saturated carbocycles. The molecule has 2 aliphatic carbocycles. The zero-order valence-corrected chi connectivity index (χ0v) is 36.2. The number of hydrogen-bond donors (Lipinski definition) is 2. The molecule has 0 saturated heterocycles. The van der Waals surface area contributed by atoms with Gasteiger partial charge in [-0.2, -0.15) is 0 Å². The molecule has 1 fully saturated rings. The first kappa shape index (κ1) is 46.4. The monoisotopic (exact) mass is 890 g/mol. The Bertz CT molecular complexity index is 2370. The van der Waals surface area contributed by atoms with Crippen LogP contribution in [0.25, 0.3) is 0 Å². The second-order valence-electron chi connectivity index (χ2n) is 16.5. The number of carbonyl (C=O) groups excluding carboxylic acids is 1. The molecule has 16 nitrogen and oxygen atoms in total. The van der Waals surface area contributed by atoms with Gasteiger partial charge in [0, 0.05) is 56.4 Å². The highest BCUT2D eigenvalue weighted by Crippen LogP contribution is 2.62. The van der Waals surface area contributed by atoms with Crippen molar-refractivity contribution < 1.29 is 48.6 Å². The lowest BCUT2D eigenvalue weighted by Gasteiger charge is -2.59. The molecule has 65 heavy (non-hydrogen) atoms. The van der Waals surface area contributed by atoms with Gasteiger partial charge in [-0.1, -0.05) is 66.5 Å². The van der Waals surface area contributed by atoms with Gasteiger partial charge >= 0.3 is 6.09 Å². The number of nitro groups is 2. The van der Waals surface area contributed by atoms with Crippen LogP contribution in [0, 0.1) is 38.0 Å². The maximum atomic E-state index is 14.2. The van der Waals surface area contributed by atoms with Crippen LogP contribution in [-0.4, -0.2) is 75.5 Å². The molecule has 4 aromatic rings. The van der Waals surface area contributed by atoms with Crippen LogP contribution >= 0.6 is 0 Å². The summed E-state index contributed by atoms with van der Waals surface area (Å²) in [5.74, 6) is -1.47. The number of ether oxygens (including phenoxy) is 4. The van der Waals surface area contributed by atoms with Gasteiger partial charge in [0.05, 0.1) is 34.1 Å². The molecule has 16 heteroatoms. The van der Waals surface area contributed by atoms with Crippen molar-refractivity contribution in [2.24, 2.45) is 22.9 Å². The maximum absolute atomic E-state index is 14.2. The van der Waals surface area contributed by atoms with Gasteiger partial charge in [-0.3, -0.25) is 20.2 Å². The molecule has 0 radical (unpaired) electrons. The minimum atomic E-state index is -1.54. The molecule has 1 amide bonds. The first-order valence-corrected chi connectivity index (χ1v) is 21.9. The highest BCUT2D eigenvalue weighted by Gasteiger charge is 2.65. The molecule has 2 N–H and O–H groups in total. The maximum Gasteiger partial charge on any atom is 0.410 e. The molecular weight excluding hydrogens is 837 g/mol. The van der Waals surface area contributed by atoms with E-state index in [2.05, 4.69) is 12.7 Å². The number of non-ortho nitro benzene ring substituents is 2. The van der Waals surface area contributed by atoms with Crippen LogP contribution in [-0.2, 0) is 27.5 Å². The largest absolute Gasteiger partial charge is 0.459 e. The van der Waals surface area contributed by atoms with Crippen LogP contribution in [0.3, 0.4) is 0 Å². The zero-order valence-electron chi connectivity index (χ0n) is 36.2. The van der Waals surface area contributed by atoms with Crippen LogP contribution in [0.4, 0.5) is 16.2 Å². The lowest BCUT2D eigenvalue weighted by Crippen LogP contribution is -2.69. The summed E-state index contributed by atoms with van der Waals surface area (Å²) in [6, 6.07) is 25.9. The van der Waals surface area contributed by atoms with Crippen molar-refractivity contribution in [2.45, 2.75) is 75.9 Å². The fraction of sp³-hybridized carbons (Fsp3) is 0.388. The summed E-state index contributed by atoms with van der Waals surface area (Å²) < 4.78 is 26.3. The molecule has 0 bridgehead atoms. The van der Waals surface area contributed by atoms with E-state index in [9.17, 15) is 35.2 Å². The molecule has 6 atom stereocenters. The molecule has 1 heterocycles. The zero-order chi connectivity index (χ0) is 45.9. The van der Waals surface area contributed by atoms with Crippen LogP contribution in [0.15, 0.2) is 127 Å². The molecule has 0 spiro atoms. The number of nitrogens with zero attached hydrogens (tertiary/aromatic N) is 4. The van der Waals surface area contributed by atoms with E-state index in [1.54, 1.807) is 49.5 Å². The fourth-order valence-corrected chi connectivity index (χ4v) is 9.43. The number of allylic oxidation sites excluding steroid dienone is 1. The van der Waals surface area contributed by atoms with Gasteiger partial charge in [-0.15, -0.1) is 6.58 Å². The van der Waals surface area contributed by atoms with E-state index < -0.39 is 33.7 Å². The summed E-state index contributed by atoms with van der Waals surface area (Å²) in [5, 5.41) is 47.6. The summed E-state index contributed by atoms with van der Waals surface area (Å²) in [6.45, 7) is 4.10. The summed E-state index contributed by atoms with van der Waals surface area (Å²) in [6.07, 6.45) is 7.38. The lowest BCUT2D eigenvalue weighted by molar-refractivity contribution is -0.385. The first-order chi connectivity index (χ1) is 31.6. The molecule has 4 aromatic carbocycles. The van der Waals surface area contributed by atoms with Crippen molar-refractivity contribution in [3.05, 3.63) is 158 Å². The average Bonchev–Trinajstić information content (AvgIpc) is 3.31.